The van der Waals surface area contributed by atoms with Crippen molar-refractivity contribution < 1.29 is 13.9 Å². The molecule has 2 aliphatic rings. The zero-order chi connectivity index (χ0) is 18.9. The summed E-state index contributed by atoms with van der Waals surface area (Å²) >= 11 is 0. The number of carbonyl (C=O) groups excluding carboxylic acids is 1. The first-order valence-corrected chi connectivity index (χ1v) is 9.47. The number of aromatic nitrogens is 2. The van der Waals surface area contributed by atoms with E-state index in [2.05, 4.69) is 17.0 Å². The summed E-state index contributed by atoms with van der Waals surface area (Å²) in [6.07, 6.45) is 4.73. The summed E-state index contributed by atoms with van der Waals surface area (Å²) in [5, 5.41) is 4.41. The molecule has 0 radical (unpaired) electrons. The summed E-state index contributed by atoms with van der Waals surface area (Å²) in [6, 6.07) is 7.79. The van der Waals surface area contributed by atoms with Gasteiger partial charge in [-0.1, -0.05) is 0 Å². The van der Waals surface area contributed by atoms with E-state index < -0.39 is 0 Å². The number of amides is 1. The molecule has 7 heteroatoms. The van der Waals surface area contributed by atoms with E-state index in [4.69, 9.17) is 4.74 Å². The molecule has 2 aromatic rings. The number of hydrogen-bond donors (Lipinski definition) is 0. The van der Waals surface area contributed by atoms with Crippen molar-refractivity contribution in [2.45, 2.75) is 24.8 Å². The molecule has 0 bridgehead atoms. The first kappa shape index (κ1) is 18.1. The van der Waals surface area contributed by atoms with E-state index >= 15 is 0 Å². The van der Waals surface area contributed by atoms with Gasteiger partial charge < -0.3 is 9.64 Å². The quantitative estimate of drug-likeness (QED) is 0.812. The van der Waals surface area contributed by atoms with Gasteiger partial charge in [0.15, 0.2) is 5.69 Å². The van der Waals surface area contributed by atoms with Gasteiger partial charge in [0.2, 0.25) is 0 Å². The Labute approximate surface area is 158 Å². The Kier molecular flexibility index (Phi) is 4.97. The molecule has 0 aliphatic carbocycles. The van der Waals surface area contributed by atoms with Crippen LogP contribution in [0.2, 0.25) is 0 Å². The third-order valence-corrected chi connectivity index (χ3v) is 5.97. The lowest BCUT2D eigenvalue weighted by Gasteiger charge is -2.43. The lowest BCUT2D eigenvalue weighted by molar-refractivity contribution is -0.0158. The molecule has 2 saturated heterocycles. The fourth-order valence-electron chi connectivity index (χ4n) is 4.08. The van der Waals surface area contributed by atoms with Crippen LogP contribution < -0.4 is 0 Å². The molecule has 0 atom stereocenters. The summed E-state index contributed by atoms with van der Waals surface area (Å²) in [7, 11) is 2.16. The average Bonchev–Trinajstić information content (AvgIpc) is 3.13. The second-order valence-electron chi connectivity index (χ2n) is 7.42. The van der Waals surface area contributed by atoms with Crippen LogP contribution in [0.4, 0.5) is 4.39 Å². The van der Waals surface area contributed by atoms with Crippen molar-refractivity contribution >= 4 is 5.91 Å². The summed E-state index contributed by atoms with van der Waals surface area (Å²) in [6.45, 7) is 3.86. The highest BCUT2D eigenvalue weighted by molar-refractivity contribution is 5.92. The number of rotatable bonds is 2. The molecule has 1 amide bonds. The number of benzene rings is 1. The van der Waals surface area contributed by atoms with E-state index in [1.165, 1.54) is 12.1 Å². The van der Waals surface area contributed by atoms with Gasteiger partial charge in [0.1, 0.15) is 5.82 Å². The molecule has 2 fully saturated rings. The molecule has 2 aliphatic heterocycles. The van der Waals surface area contributed by atoms with Crippen molar-refractivity contribution in [3.05, 3.63) is 48.0 Å². The van der Waals surface area contributed by atoms with E-state index in [-0.39, 0.29) is 17.3 Å². The smallest absolute Gasteiger partial charge is 0.274 e. The molecule has 0 N–H and O–H groups in total. The minimum atomic E-state index is -0.294. The lowest BCUT2D eigenvalue weighted by Crippen LogP contribution is -2.50. The zero-order valence-corrected chi connectivity index (χ0v) is 15.6. The maximum atomic E-state index is 13.1. The van der Waals surface area contributed by atoms with Gasteiger partial charge in [0, 0.05) is 44.6 Å². The molecule has 3 heterocycles. The van der Waals surface area contributed by atoms with Crippen molar-refractivity contribution in [3.8, 4) is 5.69 Å². The Bertz CT molecular complexity index is 799. The Hall–Kier alpha value is -2.25. The highest BCUT2D eigenvalue weighted by Crippen LogP contribution is 2.32. The topological polar surface area (TPSA) is 50.6 Å². The van der Waals surface area contributed by atoms with Crippen molar-refractivity contribution in [2.24, 2.45) is 0 Å². The van der Waals surface area contributed by atoms with Gasteiger partial charge in [-0.25, -0.2) is 9.07 Å². The Balaban J connectivity index is 1.47. The minimum Gasteiger partial charge on any atom is -0.381 e. The maximum Gasteiger partial charge on any atom is 0.274 e. The first-order valence-electron chi connectivity index (χ1n) is 9.47. The maximum absolute atomic E-state index is 13.1. The summed E-state index contributed by atoms with van der Waals surface area (Å²) < 4.78 is 20.2. The molecular weight excluding hydrogens is 347 g/mol. The minimum absolute atomic E-state index is 0.0478. The molecule has 0 saturated carbocycles. The zero-order valence-electron chi connectivity index (χ0n) is 15.6. The van der Waals surface area contributed by atoms with Crippen molar-refractivity contribution in [2.75, 3.05) is 39.9 Å². The number of carbonyl (C=O) groups is 1. The molecule has 4 rings (SSSR count). The van der Waals surface area contributed by atoms with Crippen LogP contribution in [0.5, 0.6) is 0 Å². The molecular formula is C20H25FN4O2. The van der Waals surface area contributed by atoms with Gasteiger partial charge in [0.05, 0.1) is 5.69 Å². The largest absolute Gasteiger partial charge is 0.381 e. The third-order valence-electron chi connectivity index (χ3n) is 5.97. The van der Waals surface area contributed by atoms with Crippen molar-refractivity contribution in [1.82, 2.24) is 19.6 Å². The van der Waals surface area contributed by atoms with E-state index in [0.29, 0.717) is 12.2 Å². The normalized spacial score (nSPS) is 20.6. The highest BCUT2D eigenvalue weighted by atomic mass is 19.1. The van der Waals surface area contributed by atoms with Crippen molar-refractivity contribution in [1.29, 1.82) is 0 Å². The number of likely N-dealkylation sites (N-methyl/N-ethyl adjacent to an activating group) is 1. The standard InChI is InChI=1S/C20H25FN4O2/c1-23-12-13-24(11-7-20(23)8-14-27-15-9-20)19(26)18-6-10-25(22-18)17-4-2-16(21)3-5-17/h2-6,10H,7-9,11-15H2,1H3. The third kappa shape index (κ3) is 3.61. The Morgan fingerprint density at radius 2 is 1.81 bits per heavy atom. The van der Waals surface area contributed by atoms with Crippen LogP contribution in [0, 0.1) is 5.82 Å². The van der Waals surface area contributed by atoms with Crippen LogP contribution >= 0.6 is 0 Å². The highest BCUT2D eigenvalue weighted by Gasteiger charge is 2.39. The first-order chi connectivity index (χ1) is 13.1. The van der Waals surface area contributed by atoms with Crippen LogP contribution in [-0.2, 0) is 4.74 Å². The molecule has 1 aromatic heterocycles. The van der Waals surface area contributed by atoms with Crippen LogP contribution in [0.3, 0.4) is 0 Å². The van der Waals surface area contributed by atoms with Gasteiger partial charge in [-0.15, -0.1) is 0 Å². The lowest BCUT2D eigenvalue weighted by atomic mass is 9.85. The molecule has 27 heavy (non-hydrogen) atoms. The fraction of sp³-hybridized carbons (Fsp3) is 0.500. The van der Waals surface area contributed by atoms with Gasteiger partial charge in [0.25, 0.3) is 5.91 Å². The number of nitrogens with zero attached hydrogens (tertiary/aromatic N) is 4. The molecule has 144 valence electrons. The Morgan fingerprint density at radius 3 is 2.56 bits per heavy atom. The van der Waals surface area contributed by atoms with Crippen LogP contribution in [0.25, 0.3) is 5.69 Å². The fourth-order valence-corrected chi connectivity index (χ4v) is 4.08. The van der Waals surface area contributed by atoms with Gasteiger partial charge in [-0.3, -0.25) is 9.69 Å². The molecule has 1 aromatic carbocycles. The van der Waals surface area contributed by atoms with Crippen LogP contribution in [0.1, 0.15) is 29.8 Å². The Morgan fingerprint density at radius 1 is 1.07 bits per heavy atom. The monoisotopic (exact) mass is 372 g/mol. The van der Waals surface area contributed by atoms with Crippen LogP contribution in [-0.4, -0.2) is 70.9 Å². The summed E-state index contributed by atoms with van der Waals surface area (Å²) in [4.78, 5) is 17.3. The molecule has 1 spiro atoms. The number of halogens is 1. The van der Waals surface area contributed by atoms with E-state index in [0.717, 1.165) is 51.3 Å². The molecule has 0 unspecified atom stereocenters. The predicted octanol–water partition coefficient (Wildman–Crippen LogP) is 2.34. The van der Waals surface area contributed by atoms with Crippen LogP contribution in [0.15, 0.2) is 36.5 Å². The average molecular weight is 372 g/mol. The number of ether oxygens (including phenoxy) is 1. The van der Waals surface area contributed by atoms with E-state index in [9.17, 15) is 9.18 Å². The second-order valence-corrected chi connectivity index (χ2v) is 7.42. The second kappa shape index (κ2) is 7.40. The SMILES string of the molecule is CN1CCN(C(=O)c2ccn(-c3ccc(F)cc3)n2)CCC12CCOCC2. The number of hydrogen-bond acceptors (Lipinski definition) is 4. The van der Waals surface area contributed by atoms with Crippen molar-refractivity contribution in [3.63, 3.8) is 0 Å². The molecule has 6 nitrogen and oxygen atoms in total. The van der Waals surface area contributed by atoms with E-state index in [1.54, 1.807) is 29.1 Å². The summed E-state index contributed by atoms with van der Waals surface area (Å²) in [5.74, 6) is -0.341. The summed E-state index contributed by atoms with van der Waals surface area (Å²) in [5.41, 5.74) is 1.29. The van der Waals surface area contributed by atoms with Gasteiger partial charge in [-0.05, 0) is 56.6 Å². The van der Waals surface area contributed by atoms with Gasteiger partial charge >= 0.3 is 0 Å². The predicted molar refractivity (Wildman–Crippen MR) is 99.5 cm³/mol. The van der Waals surface area contributed by atoms with E-state index in [1.807, 2.05) is 4.90 Å². The van der Waals surface area contributed by atoms with Gasteiger partial charge in [-0.2, -0.15) is 5.10 Å².